The number of nitrogens with one attached hydrogen (secondary N) is 2. The maximum Gasteiger partial charge on any atom is 0.328 e. The molecule has 9 nitrogen and oxygen atoms in total. The highest BCUT2D eigenvalue weighted by molar-refractivity contribution is 5.82. The fourth-order valence-electron chi connectivity index (χ4n) is 3.93. The van der Waals surface area contributed by atoms with Gasteiger partial charge in [0.25, 0.3) is 0 Å². The van der Waals surface area contributed by atoms with Crippen LogP contribution < -0.4 is 5.69 Å². The molecule has 2 N–H and O–H groups in total. The van der Waals surface area contributed by atoms with Crippen molar-refractivity contribution in [2.45, 2.75) is 26.3 Å². The minimum atomic E-state index is -0.177. The number of hydrogen-bond acceptors (Lipinski definition) is 6. The summed E-state index contributed by atoms with van der Waals surface area (Å²) in [4.78, 5) is 29.0. The molecule has 0 atom stereocenters. The van der Waals surface area contributed by atoms with Gasteiger partial charge in [0.15, 0.2) is 17.1 Å². The van der Waals surface area contributed by atoms with Crippen LogP contribution in [0.4, 0.5) is 0 Å². The van der Waals surface area contributed by atoms with E-state index in [0.29, 0.717) is 35.3 Å². The topological polar surface area (TPSA) is 114 Å². The lowest BCUT2D eigenvalue weighted by Gasteiger charge is -2.22. The minimum absolute atomic E-state index is 0.177. The Hall–Kier alpha value is -3.33. The summed E-state index contributed by atoms with van der Waals surface area (Å²) in [6, 6.07) is 5.97. The number of ether oxygens (including phenoxy) is 1. The summed E-state index contributed by atoms with van der Waals surface area (Å²) in [7, 11) is 0. The number of nitrogens with zero attached hydrogens (tertiary/aromatic N) is 5. The van der Waals surface area contributed by atoms with Crippen LogP contribution in [-0.4, -0.2) is 47.9 Å². The second-order valence-electron chi connectivity index (χ2n) is 7.36. The smallest absolute Gasteiger partial charge is 0.328 e. The summed E-state index contributed by atoms with van der Waals surface area (Å²) < 4.78 is 7.14. The van der Waals surface area contributed by atoms with Crippen LogP contribution in [-0.2, 0) is 11.3 Å². The van der Waals surface area contributed by atoms with E-state index in [9.17, 15) is 4.79 Å². The standard InChI is InChI=1S/C20H21N7O2/c1-12-3-2-4-14(16(12)17-22-11-23-26-17)15-9-21-18-19(24-15)27(20(28)25-18)10-13-5-7-29-8-6-13/h2-4,9,11,13H,5-8,10H2,1H3,(H,21,25,28)(H,22,23,26). The van der Waals surface area contributed by atoms with Gasteiger partial charge in [-0.1, -0.05) is 18.2 Å². The second-order valence-corrected chi connectivity index (χ2v) is 7.36. The molecule has 0 aliphatic carbocycles. The average Bonchev–Trinajstić information content (AvgIpc) is 3.37. The van der Waals surface area contributed by atoms with Crippen molar-refractivity contribution in [3.05, 3.63) is 46.8 Å². The van der Waals surface area contributed by atoms with Gasteiger partial charge in [-0.25, -0.2) is 19.7 Å². The summed E-state index contributed by atoms with van der Waals surface area (Å²) in [5.74, 6) is 1.07. The van der Waals surface area contributed by atoms with Crippen LogP contribution in [0, 0.1) is 12.8 Å². The molecule has 5 rings (SSSR count). The Balaban J connectivity index is 1.62. The molecular formula is C20H21N7O2. The Morgan fingerprint density at radius 2 is 2.10 bits per heavy atom. The van der Waals surface area contributed by atoms with Gasteiger partial charge in [0, 0.05) is 30.9 Å². The Bertz CT molecular complexity index is 1200. The Morgan fingerprint density at radius 1 is 1.24 bits per heavy atom. The molecule has 0 radical (unpaired) electrons. The zero-order valence-corrected chi connectivity index (χ0v) is 16.1. The van der Waals surface area contributed by atoms with E-state index in [1.807, 2.05) is 25.1 Å². The van der Waals surface area contributed by atoms with Crippen molar-refractivity contribution >= 4 is 11.3 Å². The molecule has 0 saturated carbocycles. The lowest BCUT2D eigenvalue weighted by Crippen LogP contribution is -2.26. The van der Waals surface area contributed by atoms with Gasteiger partial charge in [-0.15, -0.1) is 0 Å². The predicted molar refractivity (Wildman–Crippen MR) is 107 cm³/mol. The Labute approximate surface area is 166 Å². The summed E-state index contributed by atoms with van der Waals surface area (Å²) in [6.07, 6.45) is 5.06. The normalized spacial score (nSPS) is 15.2. The van der Waals surface area contributed by atoms with Crippen LogP contribution in [0.2, 0.25) is 0 Å². The monoisotopic (exact) mass is 391 g/mol. The summed E-state index contributed by atoms with van der Waals surface area (Å²) in [5.41, 5.74) is 4.45. The number of rotatable bonds is 4. The average molecular weight is 391 g/mol. The minimum Gasteiger partial charge on any atom is -0.381 e. The van der Waals surface area contributed by atoms with E-state index < -0.39 is 0 Å². The maximum absolute atomic E-state index is 12.5. The van der Waals surface area contributed by atoms with E-state index >= 15 is 0 Å². The number of aryl methyl sites for hydroxylation is 1. The molecule has 0 spiro atoms. The van der Waals surface area contributed by atoms with Gasteiger partial charge >= 0.3 is 5.69 Å². The molecule has 1 fully saturated rings. The highest BCUT2D eigenvalue weighted by atomic mass is 16.5. The fraction of sp³-hybridized carbons (Fsp3) is 0.350. The van der Waals surface area contributed by atoms with Crippen molar-refractivity contribution < 1.29 is 4.74 Å². The largest absolute Gasteiger partial charge is 0.381 e. The van der Waals surface area contributed by atoms with E-state index in [1.54, 1.807) is 10.8 Å². The number of aromatic nitrogens is 7. The van der Waals surface area contributed by atoms with Gasteiger partial charge in [-0.05, 0) is 31.2 Å². The molecule has 148 valence electrons. The number of H-pyrrole nitrogens is 2. The molecular weight excluding hydrogens is 370 g/mol. The van der Waals surface area contributed by atoms with E-state index in [1.165, 1.54) is 6.33 Å². The molecule has 3 aromatic heterocycles. The number of aromatic amines is 2. The summed E-state index contributed by atoms with van der Waals surface area (Å²) in [6.45, 7) is 4.11. The van der Waals surface area contributed by atoms with Crippen molar-refractivity contribution in [1.82, 2.24) is 34.7 Å². The highest BCUT2D eigenvalue weighted by Crippen LogP contribution is 2.32. The predicted octanol–water partition coefficient (Wildman–Crippen LogP) is 2.31. The molecule has 0 amide bonds. The quantitative estimate of drug-likeness (QED) is 0.552. The van der Waals surface area contributed by atoms with Crippen molar-refractivity contribution in [3.63, 3.8) is 0 Å². The van der Waals surface area contributed by atoms with Crippen molar-refractivity contribution in [1.29, 1.82) is 0 Å². The molecule has 4 aromatic rings. The third-order valence-corrected chi connectivity index (χ3v) is 5.46. The number of hydrogen-bond donors (Lipinski definition) is 2. The van der Waals surface area contributed by atoms with Crippen LogP contribution in [0.1, 0.15) is 18.4 Å². The second kappa shape index (κ2) is 7.25. The first-order valence-corrected chi connectivity index (χ1v) is 9.69. The van der Waals surface area contributed by atoms with Gasteiger partial charge in [0.05, 0.1) is 11.9 Å². The Kier molecular flexibility index (Phi) is 4.44. The van der Waals surface area contributed by atoms with Gasteiger partial charge in [0.1, 0.15) is 6.33 Å². The van der Waals surface area contributed by atoms with Crippen molar-refractivity contribution in [2.24, 2.45) is 5.92 Å². The summed E-state index contributed by atoms with van der Waals surface area (Å²) >= 11 is 0. The molecule has 9 heteroatoms. The van der Waals surface area contributed by atoms with Crippen LogP contribution in [0.25, 0.3) is 33.9 Å². The zero-order valence-electron chi connectivity index (χ0n) is 16.1. The van der Waals surface area contributed by atoms with Gasteiger partial charge < -0.3 is 4.74 Å². The number of fused-ring (bicyclic) bond motifs is 1. The van der Waals surface area contributed by atoms with Gasteiger partial charge in [-0.2, -0.15) is 5.10 Å². The molecule has 0 unspecified atom stereocenters. The Morgan fingerprint density at radius 3 is 2.90 bits per heavy atom. The third-order valence-electron chi connectivity index (χ3n) is 5.46. The first-order valence-electron chi connectivity index (χ1n) is 9.69. The first-order chi connectivity index (χ1) is 14.2. The van der Waals surface area contributed by atoms with Crippen molar-refractivity contribution in [2.75, 3.05) is 13.2 Å². The van der Waals surface area contributed by atoms with Crippen LogP contribution >= 0.6 is 0 Å². The third kappa shape index (κ3) is 3.23. The van der Waals surface area contributed by atoms with E-state index in [2.05, 4.69) is 25.1 Å². The molecule has 29 heavy (non-hydrogen) atoms. The number of imidazole rings is 1. The molecule has 1 aliphatic rings. The maximum atomic E-state index is 12.5. The van der Waals surface area contributed by atoms with Crippen LogP contribution in [0.15, 0.2) is 35.5 Å². The van der Waals surface area contributed by atoms with E-state index in [0.717, 1.165) is 42.7 Å². The fourth-order valence-corrected chi connectivity index (χ4v) is 3.93. The first kappa shape index (κ1) is 17.7. The van der Waals surface area contributed by atoms with Gasteiger partial charge in [0.2, 0.25) is 0 Å². The number of benzene rings is 1. The highest BCUT2D eigenvalue weighted by Gasteiger charge is 2.20. The SMILES string of the molecule is Cc1cccc(-c2cnc3[nH]c(=O)n(CC4CCOCC4)c3n2)c1-c1ncn[nH]1. The molecule has 1 saturated heterocycles. The van der Waals surface area contributed by atoms with Gasteiger partial charge in [-0.3, -0.25) is 14.6 Å². The summed E-state index contributed by atoms with van der Waals surface area (Å²) in [5, 5.41) is 6.90. The molecule has 1 aliphatic heterocycles. The molecule has 1 aromatic carbocycles. The van der Waals surface area contributed by atoms with E-state index in [-0.39, 0.29) is 5.69 Å². The molecule has 0 bridgehead atoms. The van der Waals surface area contributed by atoms with Crippen molar-refractivity contribution in [3.8, 4) is 22.6 Å². The van der Waals surface area contributed by atoms with E-state index in [4.69, 9.17) is 9.72 Å². The zero-order chi connectivity index (χ0) is 19.8. The lowest BCUT2D eigenvalue weighted by atomic mass is 9.99. The lowest BCUT2D eigenvalue weighted by molar-refractivity contribution is 0.0613. The van der Waals surface area contributed by atoms with Crippen LogP contribution in [0.5, 0.6) is 0 Å². The van der Waals surface area contributed by atoms with Crippen LogP contribution in [0.3, 0.4) is 0 Å². The molecule has 4 heterocycles.